The van der Waals surface area contributed by atoms with Crippen molar-refractivity contribution in [2.75, 3.05) is 0 Å². The highest BCUT2D eigenvalue weighted by Gasteiger charge is 2.62. The molecule has 4 nitrogen and oxygen atoms in total. The summed E-state index contributed by atoms with van der Waals surface area (Å²) in [7, 11) is 0. The second-order valence-electron chi connectivity index (χ2n) is 8.67. The smallest absolute Gasteiger partial charge is 0.165 e. The zero-order chi connectivity index (χ0) is 18.6. The van der Waals surface area contributed by atoms with Crippen LogP contribution >= 0.6 is 0 Å². The molecule has 5 atom stereocenters. The summed E-state index contributed by atoms with van der Waals surface area (Å²) in [6, 6.07) is 0. The van der Waals surface area contributed by atoms with E-state index in [1.807, 2.05) is 20.8 Å². The van der Waals surface area contributed by atoms with Crippen LogP contribution in [0.5, 0.6) is 0 Å². The van der Waals surface area contributed by atoms with E-state index in [1.165, 1.54) is 0 Å². The number of hydrogen-bond acceptors (Lipinski definition) is 4. The molecule has 0 amide bonds. The van der Waals surface area contributed by atoms with Crippen LogP contribution in [0.2, 0.25) is 0 Å². The summed E-state index contributed by atoms with van der Waals surface area (Å²) >= 11 is 0. The molecule has 0 radical (unpaired) electrons. The summed E-state index contributed by atoms with van der Waals surface area (Å²) in [6.45, 7) is 5.83. The Kier molecular flexibility index (Phi) is 3.91. The number of rotatable bonds is 2. The zero-order valence-corrected chi connectivity index (χ0v) is 15.0. The standard InChI is InChI=1S/C21H24O4/c1-5-21-7-6-16-19(2,3)18(25)14(12-23)9-20(16,4)17(21)8-15(24)13(10-21)11-22/h1,8,11-14,16H,6-7,9-10H2,2-4H3. The minimum Gasteiger partial charge on any atom is -0.303 e. The highest BCUT2D eigenvalue weighted by atomic mass is 16.1. The van der Waals surface area contributed by atoms with Crippen molar-refractivity contribution >= 4 is 24.1 Å². The van der Waals surface area contributed by atoms with Gasteiger partial charge in [0, 0.05) is 5.41 Å². The summed E-state index contributed by atoms with van der Waals surface area (Å²) in [4.78, 5) is 48.0. The average molecular weight is 340 g/mol. The molecular formula is C21H24O4. The molecule has 3 aliphatic carbocycles. The van der Waals surface area contributed by atoms with Crippen LogP contribution < -0.4 is 0 Å². The first-order chi connectivity index (χ1) is 11.7. The Morgan fingerprint density at radius 3 is 2.32 bits per heavy atom. The summed E-state index contributed by atoms with van der Waals surface area (Å²) in [5.74, 6) is 1.30. The van der Waals surface area contributed by atoms with Gasteiger partial charge < -0.3 is 9.59 Å². The molecule has 0 saturated heterocycles. The fourth-order valence-corrected chi connectivity index (χ4v) is 5.86. The highest BCUT2D eigenvalue weighted by molar-refractivity contribution is 6.03. The van der Waals surface area contributed by atoms with Gasteiger partial charge in [0.25, 0.3) is 0 Å². The lowest BCUT2D eigenvalue weighted by molar-refractivity contribution is -0.150. The molecule has 0 aromatic carbocycles. The first-order valence-corrected chi connectivity index (χ1v) is 8.85. The van der Waals surface area contributed by atoms with E-state index in [0.29, 0.717) is 25.5 Å². The molecule has 25 heavy (non-hydrogen) atoms. The molecule has 0 aromatic heterocycles. The normalized spacial score (nSPS) is 42.5. The molecule has 0 aliphatic heterocycles. The van der Waals surface area contributed by atoms with E-state index in [2.05, 4.69) is 5.92 Å². The maximum absolute atomic E-state index is 12.7. The minimum atomic E-state index is -0.694. The van der Waals surface area contributed by atoms with Gasteiger partial charge in [-0.05, 0) is 48.7 Å². The fourth-order valence-electron chi connectivity index (χ4n) is 5.86. The molecule has 2 saturated carbocycles. The third-order valence-electron chi connectivity index (χ3n) is 7.07. The van der Waals surface area contributed by atoms with E-state index in [1.54, 1.807) is 6.08 Å². The number of Topliss-reactive ketones (excluding diaryl/α,β-unsaturated/α-hetero) is 1. The number of ketones is 2. The summed E-state index contributed by atoms with van der Waals surface area (Å²) in [5, 5.41) is 0. The Balaban J connectivity index is 2.19. The van der Waals surface area contributed by atoms with Crippen LogP contribution in [-0.2, 0) is 19.2 Å². The van der Waals surface area contributed by atoms with E-state index in [0.717, 1.165) is 18.3 Å². The average Bonchev–Trinajstić information content (AvgIpc) is 2.58. The Bertz CT molecular complexity index is 737. The Labute approximate surface area is 148 Å². The number of allylic oxidation sites excluding steroid dienone is 2. The monoisotopic (exact) mass is 340 g/mol. The van der Waals surface area contributed by atoms with Gasteiger partial charge >= 0.3 is 0 Å². The van der Waals surface area contributed by atoms with Gasteiger partial charge in [-0.15, -0.1) is 6.42 Å². The van der Waals surface area contributed by atoms with Crippen molar-refractivity contribution in [3.63, 3.8) is 0 Å². The van der Waals surface area contributed by atoms with Crippen molar-refractivity contribution in [3.8, 4) is 12.3 Å². The third-order valence-corrected chi connectivity index (χ3v) is 7.07. The molecule has 0 N–H and O–H groups in total. The summed E-state index contributed by atoms with van der Waals surface area (Å²) in [6.07, 6.45) is 11.0. The van der Waals surface area contributed by atoms with Crippen molar-refractivity contribution in [1.82, 2.24) is 0 Å². The summed E-state index contributed by atoms with van der Waals surface area (Å²) < 4.78 is 0. The van der Waals surface area contributed by atoms with Gasteiger partial charge in [0.1, 0.15) is 18.4 Å². The number of carbonyl (C=O) groups is 4. The molecule has 132 valence electrons. The van der Waals surface area contributed by atoms with E-state index in [-0.39, 0.29) is 17.5 Å². The van der Waals surface area contributed by atoms with E-state index >= 15 is 0 Å². The molecule has 0 heterocycles. The van der Waals surface area contributed by atoms with Gasteiger partial charge in [-0.1, -0.05) is 26.7 Å². The molecular weight excluding hydrogens is 316 g/mol. The Hall–Kier alpha value is -2.02. The Morgan fingerprint density at radius 1 is 1.12 bits per heavy atom. The van der Waals surface area contributed by atoms with Crippen molar-refractivity contribution in [1.29, 1.82) is 0 Å². The van der Waals surface area contributed by atoms with Crippen molar-refractivity contribution in [3.05, 3.63) is 11.6 Å². The molecule has 3 aliphatic rings. The zero-order valence-electron chi connectivity index (χ0n) is 15.0. The second-order valence-corrected chi connectivity index (χ2v) is 8.67. The van der Waals surface area contributed by atoms with Gasteiger partial charge in [0.2, 0.25) is 0 Å². The molecule has 2 fully saturated rings. The lowest BCUT2D eigenvalue weighted by Gasteiger charge is -2.60. The van der Waals surface area contributed by atoms with Gasteiger partial charge in [-0.2, -0.15) is 0 Å². The number of hydrogen-bond donors (Lipinski definition) is 0. The molecule has 0 spiro atoms. The van der Waals surface area contributed by atoms with Crippen molar-refractivity contribution in [2.24, 2.45) is 34.0 Å². The largest absolute Gasteiger partial charge is 0.303 e. The molecule has 3 rings (SSSR count). The van der Waals surface area contributed by atoms with Crippen LogP contribution in [0, 0.1) is 46.3 Å². The second kappa shape index (κ2) is 5.49. The molecule has 4 heteroatoms. The maximum atomic E-state index is 12.7. The lowest BCUT2D eigenvalue weighted by Crippen LogP contribution is -2.58. The first-order valence-electron chi connectivity index (χ1n) is 8.85. The molecule has 0 aromatic rings. The van der Waals surface area contributed by atoms with Gasteiger partial charge in [-0.25, -0.2) is 0 Å². The lowest BCUT2D eigenvalue weighted by atomic mass is 9.42. The quantitative estimate of drug-likeness (QED) is 0.440. The van der Waals surface area contributed by atoms with E-state index in [9.17, 15) is 19.2 Å². The van der Waals surface area contributed by atoms with E-state index in [4.69, 9.17) is 6.42 Å². The van der Waals surface area contributed by atoms with Crippen LogP contribution in [0.3, 0.4) is 0 Å². The van der Waals surface area contributed by atoms with Crippen LogP contribution in [0.4, 0.5) is 0 Å². The number of terminal acetylenes is 1. The van der Waals surface area contributed by atoms with Crippen molar-refractivity contribution < 1.29 is 19.2 Å². The number of fused-ring (bicyclic) bond motifs is 3. The fraction of sp³-hybridized carbons (Fsp3) is 0.619. The molecule has 5 unspecified atom stereocenters. The van der Waals surface area contributed by atoms with Crippen LogP contribution in [0.1, 0.15) is 46.5 Å². The van der Waals surface area contributed by atoms with Gasteiger partial charge in [0.05, 0.1) is 17.3 Å². The van der Waals surface area contributed by atoms with Crippen LogP contribution in [0.25, 0.3) is 0 Å². The van der Waals surface area contributed by atoms with Gasteiger partial charge in [-0.3, -0.25) is 9.59 Å². The van der Waals surface area contributed by atoms with Crippen LogP contribution in [-0.4, -0.2) is 24.1 Å². The first kappa shape index (κ1) is 17.8. The Morgan fingerprint density at radius 2 is 1.76 bits per heavy atom. The predicted octanol–water partition coefficient (Wildman–Crippen LogP) is 2.55. The minimum absolute atomic E-state index is 0.0216. The number of aldehydes is 2. The highest BCUT2D eigenvalue weighted by Crippen LogP contribution is 2.65. The third kappa shape index (κ3) is 2.21. The number of carbonyl (C=O) groups excluding carboxylic acids is 4. The van der Waals surface area contributed by atoms with Crippen molar-refractivity contribution in [2.45, 2.75) is 46.5 Å². The predicted molar refractivity (Wildman–Crippen MR) is 92.3 cm³/mol. The van der Waals surface area contributed by atoms with Crippen LogP contribution in [0.15, 0.2) is 11.6 Å². The topological polar surface area (TPSA) is 68.3 Å². The van der Waals surface area contributed by atoms with Gasteiger partial charge in [0.15, 0.2) is 5.78 Å². The SMILES string of the molecule is C#CC12CCC3C(C)(C)C(=O)C(C=O)CC3(C)C1=CC(=O)C(C=O)C2. The summed E-state index contributed by atoms with van der Waals surface area (Å²) in [5.41, 5.74) is -0.912. The van der Waals surface area contributed by atoms with E-state index < -0.39 is 28.1 Å². The molecule has 0 bridgehead atoms. The maximum Gasteiger partial charge on any atom is 0.165 e.